The van der Waals surface area contributed by atoms with Crippen molar-refractivity contribution in [2.75, 3.05) is 14.2 Å². The van der Waals surface area contributed by atoms with Crippen LogP contribution in [0.5, 0.6) is 11.5 Å². The summed E-state index contributed by atoms with van der Waals surface area (Å²) >= 11 is 0. The number of carbonyl (C=O) groups excluding carboxylic acids is 2. The molecule has 1 atom stereocenters. The first-order valence-electron chi connectivity index (χ1n) is 10.9. The van der Waals surface area contributed by atoms with Crippen LogP contribution in [-0.4, -0.2) is 37.0 Å². The van der Waals surface area contributed by atoms with Gasteiger partial charge in [-0.3, -0.25) is 9.59 Å². The molecule has 0 unspecified atom stereocenters. The van der Waals surface area contributed by atoms with Crippen LogP contribution in [0.3, 0.4) is 0 Å². The van der Waals surface area contributed by atoms with Gasteiger partial charge in [-0.1, -0.05) is 25.1 Å². The van der Waals surface area contributed by atoms with E-state index in [9.17, 15) is 9.59 Å². The SMILES string of the molecule is COc1ccc(CN2C(=O)c3ccccc3[C@@H]2C(=O)NC2CCC(C)CC2)c(OC)c1. The van der Waals surface area contributed by atoms with Gasteiger partial charge in [0.1, 0.15) is 17.5 Å². The van der Waals surface area contributed by atoms with Gasteiger partial charge in [-0.25, -0.2) is 0 Å². The third kappa shape index (κ3) is 4.24. The van der Waals surface area contributed by atoms with Gasteiger partial charge in [-0.2, -0.15) is 0 Å². The number of nitrogens with zero attached hydrogens (tertiary/aromatic N) is 1. The van der Waals surface area contributed by atoms with Crippen molar-refractivity contribution in [1.82, 2.24) is 10.2 Å². The first kappa shape index (κ1) is 21.2. The maximum absolute atomic E-state index is 13.4. The Labute approximate surface area is 183 Å². The summed E-state index contributed by atoms with van der Waals surface area (Å²) in [6.45, 7) is 2.54. The number of nitrogens with one attached hydrogen (secondary N) is 1. The number of benzene rings is 2. The second-order valence-electron chi connectivity index (χ2n) is 8.57. The number of hydrogen-bond donors (Lipinski definition) is 1. The van der Waals surface area contributed by atoms with Gasteiger partial charge in [0.2, 0.25) is 5.91 Å². The summed E-state index contributed by atoms with van der Waals surface area (Å²) < 4.78 is 10.8. The minimum Gasteiger partial charge on any atom is -0.497 e. The molecule has 164 valence electrons. The van der Waals surface area contributed by atoms with Crippen LogP contribution in [0.4, 0.5) is 0 Å². The van der Waals surface area contributed by atoms with Gasteiger partial charge < -0.3 is 19.7 Å². The fourth-order valence-corrected chi connectivity index (χ4v) is 4.67. The van der Waals surface area contributed by atoms with Gasteiger partial charge in [-0.05, 0) is 55.4 Å². The molecular formula is C25H30N2O4. The van der Waals surface area contributed by atoms with E-state index in [1.54, 1.807) is 31.3 Å². The molecule has 1 heterocycles. The molecule has 1 aliphatic heterocycles. The van der Waals surface area contributed by atoms with Crippen LogP contribution in [0.25, 0.3) is 0 Å². The van der Waals surface area contributed by atoms with E-state index < -0.39 is 6.04 Å². The zero-order valence-electron chi connectivity index (χ0n) is 18.4. The highest BCUT2D eigenvalue weighted by molar-refractivity contribution is 6.04. The Bertz CT molecular complexity index is 966. The van der Waals surface area contributed by atoms with Crippen molar-refractivity contribution in [3.05, 3.63) is 59.2 Å². The van der Waals surface area contributed by atoms with Crippen molar-refractivity contribution >= 4 is 11.8 Å². The normalized spacial score (nSPS) is 22.7. The molecule has 6 heteroatoms. The second kappa shape index (κ2) is 9.00. The highest BCUT2D eigenvalue weighted by Crippen LogP contribution is 2.37. The molecular weight excluding hydrogens is 392 g/mol. The second-order valence-corrected chi connectivity index (χ2v) is 8.57. The van der Waals surface area contributed by atoms with Crippen LogP contribution in [0, 0.1) is 5.92 Å². The van der Waals surface area contributed by atoms with Crippen LogP contribution in [0.2, 0.25) is 0 Å². The topological polar surface area (TPSA) is 67.9 Å². The maximum Gasteiger partial charge on any atom is 0.255 e. The molecule has 1 N–H and O–H groups in total. The van der Waals surface area contributed by atoms with Crippen LogP contribution >= 0.6 is 0 Å². The molecule has 0 aromatic heterocycles. The molecule has 1 aliphatic carbocycles. The largest absolute Gasteiger partial charge is 0.497 e. The highest BCUT2D eigenvalue weighted by atomic mass is 16.5. The number of hydrogen-bond acceptors (Lipinski definition) is 4. The summed E-state index contributed by atoms with van der Waals surface area (Å²) in [5, 5.41) is 3.22. The molecule has 6 nitrogen and oxygen atoms in total. The first-order chi connectivity index (χ1) is 15.0. The number of ether oxygens (including phenoxy) is 2. The molecule has 31 heavy (non-hydrogen) atoms. The molecule has 1 saturated carbocycles. The minimum absolute atomic E-state index is 0.106. The molecule has 2 amide bonds. The van der Waals surface area contributed by atoms with E-state index in [1.165, 1.54) is 0 Å². The predicted molar refractivity (Wildman–Crippen MR) is 118 cm³/mol. The molecule has 1 fully saturated rings. The Morgan fingerprint density at radius 2 is 1.81 bits per heavy atom. The van der Waals surface area contributed by atoms with Crippen molar-refractivity contribution in [3.8, 4) is 11.5 Å². The lowest BCUT2D eigenvalue weighted by Crippen LogP contribution is -2.44. The fourth-order valence-electron chi connectivity index (χ4n) is 4.67. The number of fused-ring (bicyclic) bond motifs is 1. The van der Waals surface area contributed by atoms with E-state index >= 15 is 0 Å². The average molecular weight is 423 g/mol. The summed E-state index contributed by atoms with van der Waals surface area (Å²) in [4.78, 5) is 28.3. The maximum atomic E-state index is 13.4. The van der Waals surface area contributed by atoms with Gasteiger partial charge in [0.15, 0.2) is 0 Å². The molecule has 4 rings (SSSR count). The third-order valence-corrected chi connectivity index (χ3v) is 6.50. The monoisotopic (exact) mass is 422 g/mol. The van der Waals surface area contributed by atoms with Crippen molar-refractivity contribution in [1.29, 1.82) is 0 Å². The lowest BCUT2D eigenvalue weighted by atomic mass is 9.87. The Kier molecular flexibility index (Phi) is 6.16. The van der Waals surface area contributed by atoms with Gasteiger partial charge in [0.05, 0.1) is 20.8 Å². The van der Waals surface area contributed by atoms with E-state index in [4.69, 9.17) is 9.47 Å². The molecule has 0 radical (unpaired) electrons. The summed E-state index contributed by atoms with van der Waals surface area (Å²) in [6.07, 6.45) is 4.22. The van der Waals surface area contributed by atoms with E-state index in [2.05, 4.69) is 12.2 Å². The van der Waals surface area contributed by atoms with Gasteiger partial charge >= 0.3 is 0 Å². The molecule has 0 spiro atoms. The summed E-state index contributed by atoms with van der Waals surface area (Å²) in [5.41, 5.74) is 2.18. The summed E-state index contributed by atoms with van der Waals surface area (Å²) in [6, 6.07) is 12.4. The first-order valence-corrected chi connectivity index (χ1v) is 10.9. The Hall–Kier alpha value is -3.02. The van der Waals surface area contributed by atoms with Crippen molar-refractivity contribution in [2.45, 2.75) is 51.2 Å². The zero-order chi connectivity index (χ0) is 22.0. The predicted octanol–water partition coefficient (Wildman–Crippen LogP) is 4.10. The standard InChI is InChI=1S/C25H30N2O4/c1-16-8-11-18(12-9-16)26-24(28)23-20-6-4-5-7-21(20)25(29)27(23)15-17-10-13-19(30-2)14-22(17)31-3/h4-7,10,13-14,16,18,23H,8-9,11-12,15H2,1-3H3,(H,26,28)/t16?,18?,23-/m1/s1. The van der Waals surface area contributed by atoms with Gasteiger partial charge in [0, 0.05) is 23.2 Å². The molecule has 0 bridgehead atoms. The van der Waals surface area contributed by atoms with E-state index in [0.717, 1.165) is 36.8 Å². The molecule has 0 saturated heterocycles. The number of rotatable bonds is 6. The average Bonchev–Trinajstić information content (AvgIpc) is 3.07. The van der Waals surface area contributed by atoms with Crippen molar-refractivity contribution in [2.24, 2.45) is 5.92 Å². The lowest BCUT2D eigenvalue weighted by molar-refractivity contribution is -0.126. The number of carbonyl (C=O) groups is 2. The summed E-state index contributed by atoms with van der Waals surface area (Å²) in [5.74, 6) is 1.78. The van der Waals surface area contributed by atoms with Crippen molar-refractivity contribution in [3.63, 3.8) is 0 Å². The highest BCUT2D eigenvalue weighted by Gasteiger charge is 2.41. The third-order valence-electron chi connectivity index (χ3n) is 6.50. The van der Waals surface area contributed by atoms with Gasteiger partial charge in [-0.15, -0.1) is 0 Å². The molecule has 2 aliphatic rings. The number of methoxy groups -OCH3 is 2. The Morgan fingerprint density at radius 1 is 1.06 bits per heavy atom. The smallest absolute Gasteiger partial charge is 0.255 e. The van der Waals surface area contributed by atoms with E-state index in [0.29, 0.717) is 23.0 Å². The quantitative estimate of drug-likeness (QED) is 0.761. The summed E-state index contributed by atoms with van der Waals surface area (Å²) in [7, 11) is 3.19. The zero-order valence-corrected chi connectivity index (χ0v) is 18.4. The lowest BCUT2D eigenvalue weighted by Gasteiger charge is -2.30. The fraction of sp³-hybridized carbons (Fsp3) is 0.440. The Morgan fingerprint density at radius 3 is 2.52 bits per heavy atom. The molecule has 2 aromatic rings. The van der Waals surface area contributed by atoms with Crippen LogP contribution in [-0.2, 0) is 11.3 Å². The minimum atomic E-state index is -0.644. The Balaban J connectivity index is 1.61. The van der Waals surface area contributed by atoms with Crippen LogP contribution in [0.15, 0.2) is 42.5 Å². The van der Waals surface area contributed by atoms with Crippen molar-refractivity contribution < 1.29 is 19.1 Å². The van der Waals surface area contributed by atoms with E-state index in [1.807, 2.05) is 30.3 Å². The molecule has 2 aromatic carbocycles. The van der Waals surface area contributed by atoms with Gasteiger partial charge in [0.25, 0.3) is 5.91 Å². The van der Waals surface area contributed by atoms with Crippen LogP contribution in [0.1, 0.15) is 60.1 Å². The van der Waals surface area contributed by atoms with Crippen LogP contribution < -0.4 is 14.8 Å². The number of amides is 2. The van der Waals surface area contributed by atoms with E-state index in [-0.39, 0.29) is 24.4 Å².